The van der Waals surface area contributed by atoms with E-state index in [1.165, 1.54) is 30.2 Å². The lowest BCUT2D eigenvalue weighted by Gasteiger charge is -2.26. The van der Waals surface area contributed by atoms with Crippen LogP contribution in [0.1, 0.15) is 41.8 Å². The van der Waals surface area contributed by atoms with Gasteiger partial charge in [-0.05, 0) is 45.8 Å². The molecule has 0 radical (unpaired) electrons. The molecule has 0 unspecified atom stereocenters. The zero-order chi connectivity index (χ0) is 17.1. The predicted molar refractivity (Wildman–Crippen MR) is 91.2 cm³/mol. The van der Waals surface area contributed by atoms with E-state index < -0.39 is 0 Å². The fourth-order valence-electron chi connectivity index (χ4n) is 3.24. The van der Waals surface area contributed by atoms with Crippen LogP contribution in [0.25, 0.3) is 11.1 Å². The van der Waals surface area contributed by atoms with Gasteiger partial charge in [-0.3, -0.25) is 9.59 Å². The molecule has 0 atom stereocenters. The summed E-state index contributed by atoms with van der Waals surface area (Å²) in [6, 6.07) is 0. The molecule has 1 aliphatic rings. The van der Waals surface area contributed by atoms with Crippen molar-refractivity contribution in [3.63, 3.8) is 0 Å². The number of furan rings is 1. The quantitative estimate of drug-likeness (QED) is 0.838. The molecule has 130 valence electrons. The van der Waals surface area contributed by atoms with Gasteiger partial charge in [-0.15, -0.1) is 0 Å². The second-order valence-electron chi connectivity index (χ2n) is 6.39. The number of amides is 1. The maximum Gasteiger partial charge on any atom is 0.265 e. The Balaban J connectivity index is 1.64. The molecule has 0 aliphatic carbocycles. The predicted octanol–water partition coefficient (Wildman–Crippen LogP) is 1.44. The first-order chi connectivity index (χ1) is 11.6. The fourth-order valence-corrected chi connectivity index (χ4v) is 3.24. The fraction of sp³-hybridized carbons (Fsp3) is 0.588. The van der Waals surface area contributed by atoms with E-state index in [2.05, 4.69) is 15.2 Å². The molecule has 2 aromatic heterocycles. The Morgan fingerprint density at radius 2 is 2.08 bits per heavy atom. The number of piperidine rings is 1. The molecular formula is C17H24N4O3. The van der Waals surface area contributed by atoms with Gasteiger partial charge in [-0.25, -0.2) is 4.98 Å². The molecule has 24 heavy (non-hydrogen) atoms. The molecule has 1 fully saturated rings. The highest BCUT2D eigenvalue weighted by Gasteiger charge is 2.22. The molecule has 1 aliphatic heterocycles. The van der Waals surface area contributed by atoms with Crippen LogP contribution in [0.5, 0.6) is 0 Å². The Morgan fingerprint density at radius 1 is 1.33 bits per heavy atom. The first-order valence-electron chi connectivity index (χ1n) is 8.53. The lowest BCUT2D eigenvalue weighted by molar-refractivity contribution is 0.0951. The summed E-state index contributed by atoms with van der Waals surface area (Å²) in [6.07, 6.45) is 6.15. The van der Waals surface area contributed by atoms with Gasteiger partial charge in [0.25, 0.3) is 11.5 Å². The van der Waals surface area contributed by atoms with Crippen molar-refractivity contribution < 1.29 is 9.21 Å². The first kappa shape index (κ1) is 16.7. The lowest BCUT2D eigenvalue weighted by Crippen LogP contribution is -2.33. The Hall–Kier alpha value is -2.15. The first-order valence-corrected chi connectivity index (χ1v) is 8.53. The molecule has 3 heterocycles. The Bertz CT molecular complexity index is 787. The molecule has 1 N–H and O–H groups in total. The van der Waals surface area contributed by atoms with E-state index in [1.807, 2.05) is 0 Å². The zero-order valence-corrected chi connectivity index (χ0v) is 14.3. The minimum atomic E-state index is -0.269. The second kappa shape index (κ2) is 7.17. The van der Waals surface area contributed by atoms with Crippen molar-refractivity contribution in [2.45, 2.75) is 32.6 Å². The van der Waals surface area contributed by atoms with Gasteiger partial charge >= 0.3 is 0 Å². The zero-order valence-electron chi connectivity index (χ0n) is 14.3. The summed E-state index contributed by atoms with van der Waals surface area (Å²) >= 11 is 0. The molecular weight excluding hydrogens is 308 g/mol. The van der Waals surface area contributed by atoms with Gasteiger partial charge in [0, 0.05) is 13.6 Å². The second-order valence-corrected chi connectivity index (χ2v) is 6.39. The van der Waals surface area contributed by atoms with Crippen LogP contribution in [0.15, 0.2) is 15.5 Å². The highest BCUT2D eigenvalue weighted by Crippen LogP contribution is 2.20. The van der Waals surface area contributed by atoms with Crippen LogP contribution < -0.4 is 10.9 Å². The van der Waals surface area contributed by atoms with Crippen LogP contribution in [-0.2, 0) is 7.05 Å². The van der Waals surface area contributed by atoms with Crippen molar-refractivity contribution in [1.29, 1.82) is 0 Å². The molecule has 0 bridgehead atoms. The van der Waals surface area contributed by atoms with E-state index in [0.29, 0.717) is 17.9 Å². The highest BCUT2D eigenvalue weighted by molar-refractivity contribution is 6.06. The highest BCUT2D eigenvalue weighted by atomic mass is 16.3. The number of nitrogens with one attached hydrogen (secondary N) is 1. The molecule has 7 nitrogen and oxygen atoms in total. The van der Waals surface area contributed by atoms with Crippen LogP contribution >= 0.6 is 0 Å². The smallest absolute Gasteiger partial charge is 0.265 e. The average molecular weight is 332 g/mol. The van der Waals surface area contributed by atoms with Crippen LogP contribution in [0.4, 0.5) is 0 Å². The molecule has 0 saturated carbocycles. The number of aryl methyl sites for hydroxylation is 2. The van der Waals surface area contributed by atoms with Crippen molar-refractivity contribution in [3.8, 4) is 0 Å². The van der Waals surface area contributed by atoms with Gasteiger partial charge in [0.2, 0.25) is 5.71 Å². The third-order valence-corrected chi connectivity index (χ3v) is 4.56. The number of carbonyl (C=O) groups is 1. The van der Waals surface area contributed by atoms with Crippen molar-refractivity contribution in [1.82, 2.24) is 19.8 Å². The molecule has 3 rings (SSSR count). The number of hydrogen-bond donors (Lipinski definition) is 1. The number of carbonyl (C=O) groups excluding carboxylic acids is 1. The number of hydrogen-bond acceptors (Lipinski definition) is 5. The number of likely N-dealkylation sites (tertiary alicyclic amines) is 1. The van der Waals surface area contributed by atoms with Crippen LogP contribution in [0, 0.1) is 6.92 Å². The summed E-state index contributed by atoms with van der Waals surface area (Å²) in [5, 5.41) is 3.16. The molecule has 0 aromatic carbocycles. The number of fused-ring (bicyclic) bond motifs is 1. The number of rotatable bonds is 5. The van der Waals surface area contributed by atoms with Crippen LogP contribution in [0.2, 0.25) is 0 Å². The van der Waals surface area contributed by atoms with Crippen LogP contribution in [-0.4, -0.2) is 46.5 Å². The third kappa shape index (κ3) is 3.36. The van der Waals surface area contributed by atoms with Gasteiger partial charge in [0.15, 0.2) is 0 Å². The molecule has 1 saturated heterocycles. The molecule has 2 aromatic rings. The Morgan fingerprint density at radius 3 is 2.83 bits per heavy atom. The van der Waals surface area contributed by atoms with Gasteiger partial charge in [0.1, 0.15) is 17.5 Å². The Kier molecular flexibility index (Phi) is 4.99. The van der Waals surface area contributed by atoms with E-state index in [1.54, 1.807) is 14.0 Å². The van der Waals surface area contributed by atoms with Crippen molar-refractivity contribution >= 4 is 17.0 Å². The van der Waals surface area contributed by atoms with Crippen molar-refractivity contribution in [2.75, 3.05) is 26.2 Å². The monoisotopic (exact) mass is 332 g/mol. The van der Waals surface area contributed by atoms with Crippen molar-refractivity contribution in [3.05, 3.63) is 28.0 Å². The SMILES string of the molecule is Cc1oc2ncn(C)c(=O)c2c1C(=O)NCCCN1CCCCC1. The summed E-state index contributed by atoms with van der Waals surface area (Å²) < 4.78 is 6.82. The van der Waals surface area contributed by atoms with E-state index in [4.69, 9.17) is 4.42 Å². The summed E-state index contributed by atoms with van der Waals surface area (Å²) in [5.41, 5.74) is 0.251. The van der Waals surface area contributed by atoms with Crippen LogP contribution in [0.3, 0.4) is 0 Å². The van der Waals surface area contributed by atoms with Gasteiger partial charge in [-0.2, -0.15) is 0 Å². The largest absolute Gasteiger partial charge is 0.442 e. The normalized spacial score (nSPS) is 15.8. The Labute approximate surface area is 140 Å². The maximum atomic E-state index is 12.5. The van der Waals surface area contributed by atoms with E-state index in [0.717, 1.165) is 26.1 Å². The number of aromatic nitrogens is 2. The summed E-state index contributed by atoms with van der Waals surface area (Å²) in [4.78, 5) is 31.3. The van der Waals surface area contributed by atoms with Gasteiger partial charge in [0.05, 0.1) is 5.56 Å². The maximum absolute atomic E-state index is 12.5. The minimum Gasteiger partial charge on any atom is -0.442 e. The van der Waals surface area contributed by atoms with Crippen molar-refractivity contribution in [2.24, 2.45) is 7.05 Å². The standard InChI is InChI=1S/C17H24N4O3/c1-12-13(14-16(24-12)19-11-20(2)17(14)23)15(22)18-7-6-10-21-8-4-3-5-9-21/h11H,3-10H2,1-2H3,(H,18,22). The molecule has 7 heteroatoms. The third-order valence-electron chi connectivity index (χ3n) is 4.56. The van der Waals surface area contributed by atoms with E-state index in [9.17, 15) is 9.59 Å². The van der Waals surface area contributed by atoms with Gasteiger partial charge in [-0.1, -0.05) is 6.42 Å². The lowest BCUT2D eigenvalue weighted by atomic mass is 10.1. The van der Waals surface area contributed by atoms with E-state index in [-0.39, 0.29) is 22.6 Å². The van der Waals surface area contributed by atoms with Gasteiger partial charge < -0.3 is 19.2 Å². The summed E-state index contributed by atoms with van der Waals surface area (Å²) in [7, 11) is 1.61. The summed E-state index contributed by atoms with van der Waals surface area (Å²) in [5.74, 6) is 0.157. The molecule has 1 amide bonds. The average Bonchev–Trinajstić information content (AvgIpc) is 2.93. The molecule has 0 spiro atoms. The summed E-state index contributed by atoms with van der Waals surface area (Å²) in [6.45, 7) is 5.57. The number of nitrogens with zero attached hydrogens (tertiary/aromatic N) is 3. The minimum absolute atomic E-state index is 0.217. The topological polar surface area (TPSA) is 80.4 Å². The van der Waals surface area contributed by atoms with E-state index >= 15 is 0 Å².